The summed E-state index contributed by atoms with van der Waals surface area (Å²) in [6.07, 6.45) is 0. The van der Waals surface area contributed by atoms with Crippen LogP contribution in [-0.4, -0.2) is 9.97 Å². The van der Waals surface area contributed by atoms with Gasteiger partial charge in [-0.1, -0.05) is 158 Å². The van der Waals surface area contributed by atoms with E-state index in [4.69, 9.17) is 14.4 Å². The minimum atomic E-state index is 0.651. The molecule has 0 unspecified atom stereocenters. The Hall–Kier alpha value is -7.61. The zero-order chi connectivity index (χ0) is 36.7. The Morgan fingerprint density at radius 2 is 0.764 bits per heavy atom. The molecule has 0 radical (unpaired) electrons. The summed E-state index contributed by atoms with van der Waals surface area (Å²) in [5.41, 5.74) is 13.9. The van der Waals surface area contributed by atoms with Crippen molar-refractivity contribution in [1.82, 2.24) is 9.97 Å². The zero-order valence-corrected chi connectivity index (χ0v) is 29.6. The van der Waals surface area contributed by atoms with Crippen LogP contribution in [0.25, 0.3) is 100.0 Å². The van der Waals surface area contributed by atoms with Crippen LogP contribution >= 0.6 is 0 Å². The van der Waals surface area contributed by atoms with E-state index in [-0.39, 0.29) is 0 Å². The van der Waals surface area contributed by atoms with Gasteiger partial charge in [0.2, 0.25) is 0 Å². The van der Waals surface area contributed by atoms with Crippen molar-refractivity contribution in [3.8, 4) is 73.4 Å². The van der Waals surface area contributed by atoms with Crippen molar-refractivity contribution in [2.75, 3.05) is 0 Å². The number of hydrogen-bond acceptors (Lipinski definition) is 4. The number of nitrogens with zero attached hydrogens (tertiary/aromatic N) is 3. The molecule has 256 valence electrons. The van der Waals surface area contributed by atoms with Crippen LogP contribution in [0.1, 0.15) is 5.56 Å². The highest BCUT2D eigenvalue weighted by molar-refractivity contribution is 6.07. The van der Waals surface area contributed by atoms with Gasteiger partial charge in [0.1, 0.15) is 11.2 Å². The number of para-hydroxylation sites is 1. The van der Waals surface area contributed by atoms with E-state index in [1.165, 1.54) is 0 Å². The topological polar surface area (TPSA) is 62.7 Å². The van der Waals surface area contributed by atoms with Gasteiger partial charge in [-0.3, -0.25) is 0 Å². The molecule has 0 aliphatic heterocycles. The summed E-state index contributed by atoms with van der Waals surface area (Å²) in [6, 6.07) is 66.6. The van der Waals surface area contributed by atoms with Gasteiger partial charge in [-0.2, -0.15) is 5.26 Å². The largest absolute Gasteiger partial charge is 0.456 e. The molecule has 0 amide bonds. The molecule has 4 nitrogen and oxygen atoms in total. The summed E-state index contributed by atoms with van der Waals surface area (Å²) < 4.78 is 6.35. The number of benzene rings is 8. The Morgan fingerprint density at radius 1 is 0.345 bits per heavy atom. The lowest BCUT2D eigenvalue weighted by Gasteiger charge is -2.16. The molecule has 8 aromatic carbocycles. The molecular weight excluding hydrogens is 671 g/mol. The Morgan fingerprint density at radius 3 is 1.33 bits per heavy atom. The van der Waals surface area contributed by atoms with Crippen molar-refractivity contribution in [2.24, 2.45) is 0 Å². The molecule has 0 bridgehead atoms. The third-order valence-corrected chi connectivity index (χ3v) is 10.4. The molecule has 2 heterocycles. The highest BCUT2D eigenvalue weighted by Gasteiger charge is 2.21. The molecule has 0 atom stereocenters. The van der Waals surface area contributed by atoms with Crippen molar-refractivity contribution in [3.63, 3.8) is 0 Å². The van der Waals surface area contributed by atoms with Crippen LogP contribution in [0, 0.1) is 11.3 Å². The third-order valence-electron chi connectivity index (χ3n) is 10.4. The molecule has 0 saturated heterocycles. The van der Waals surface area contributed by atoms with Gasteiger partial charge in [0.25, 0.3) is 0 Å². The van der Waals surface area contributed by atoms with Gasteiger partial charge < -0.3 is 4.42 Å². The summed E-state index contributed by atoms with van der Waals surface area (Å²) >= 11 is 0. The number of hydrogen-bond donors (Lipinski definition) is 0. The fourth-order valence-corrected chi connectivity index (χ4v) is 7.64. The van der Waals surface area contributed by atoms with Gasteiger partial charge in [0.15, 0.2) is 0 Å². The van der Waals surface area contributed by atoms with Gasteiger partial charge in [0.05, 0.1) is 34.4 Å². The lowest BCUT2D eigenvalue weighted by molar-refractivity contribution is 0.669. The Bertz CT molecular complexity index is 3070. The minimum Gasteiger partial charge on any atom is -0.456 e. The smallest absolute Gasteiger partial charge is 0.136 e. The number of rotatable bonds is 6. The monoisotopic (exact) mass is 701 g/mol. The predicted octanol–water partition coefficient (Wildman–Crippen LogP) is 13.4. The predicted molar refractivity (Wildman–Crippen MR) is 224 cm³/mol. The summed E-state index contributed by atoms with van der Waals surface area (Å²) in [5.74, 6) is 0. The summed E-state index contributed by atoms with van der Waals surface area (Å²) in [4.78, 5) is 11.0. The molecule has 0 saturated carbocycles. The first-order valence-electron chi connectivity index (χ1n) is 18.3. The summed E-state index contributed by atoms with van der Waals surface area (Å²) in [7, 11) is 0. The fourth-order valence-electron chi connectivity index (χ4n) is 7.64. The zero-order valence-electron chi connectivity index (χ0n) is 29.6. The lowest BCUT2D eigenvalue weighted by Crippen LogP contribution is -2.01. The van der Waals surface area contributed by atoms with Crippen LogP contribution in [0.5, 0.6) is 0 Å². The van der Waals surface area contributed by atoms with E-state index < -0.39 is 0 Å². The molecule has 4 heteroatoms. The molecule has 2 aromatic heterocycles. The van der Waals surface area contributed by atoms with E-state index in [9.17, 15) is 5.26 Å². The van der Waals surface area contributed by atoms with Crippen LogP contribution in [-0.2, 0) is 0 Å². The minimum absolute atomic E-state index is 0.651. The van der Waals surface area contributed by atoms with Crippen molar-refractivity contribution in [2.45, 2.75) is 0 Å². The first-order chi connectivity index (χ1) is 27.2. The van der Waals surface area contributed by atoms with Crippen LogP contribution < -0.4 is 0 Å². The van der Waals surface area contributed by atoms with Crippen molar-refractivity contribution < 1.29 is 4.42 Å². The molecule has 0 fully saturated rings. The number of nitriles is 1. The lowest BCUT2D eigenvalue weighted by atomic mass is 9.91. The Kier molecular flexibility index (Phi) is 7.83. The molecule has 10 aromatic rings. The van der Waals surface area contributed by atoms with E-state index in [2.05, 4.69) is 115 Å². The highest BCUT2D eigenvalue weighted by Crippen LogP contribution is 2.41. The van der Waals surface area contributed by atoms with E-state index >= 15 is 0 Å². The quantitative estimate of drug-likeness (QED) is 0.173. The van der Waals surface area contributed by atoms with Gasteiger partial charge in [-0.15, -0.1) is 0 Å². The van der Waals surface area contributed by atoms with Crippen molar-refractivity contribution in [3.05, 3.63) is 194 Å². The van der Waals surface area contributed by atoms with Gasteiger partial charge in [-0.05, 0) is 63.4 Å². The third kappa shape index (κ3) is 5.72. The maximum absolute atomic E-state index is 9.33. The first-order valence-corrected chi connectivity index (χ1v) is 18.3. The van der Waals surface area contributed by atoms with E-state index in [1.54, 1.807) is 0 Å². The second-order valence-electron chi connectivity index (χ2n) is 13.6. The van der Waals surface area contributed by atoms with Crippen LogP contribution in [0.3, 0.4) is 0 Å². The maximum atomic E-state index is 9.33. The van der Waals surface area contributed by atoms with Crippen molar-refractivity contribution in [1.29, 1.82) is 5.26 Å². The molecule has 0 aliphatic rings. The normalized spacial score (nSPS) is 11.3. The van der Waals surface area contributed by atoms with Crippen LogP contribution in [0.2, 0.25) is 0 Å². The second kappa shape index (κ2) is 13.4. The van der Waals surface area contributed by atoms with Gasteiger partial charge >= 0.3 is 0 Å². The van der Waals surface area contributed by atoms with Gasteiger partial charge in [-0.25, -0.2) is 9.97 Å². The molecule has 0 spiro atoms. The average molecular weight is 702 g/mol. The number of aromatic nitrogens is 2. The highest BCUT2D eigenvalue weighted by atomic mass is 16.3. The van der Waals surface area contributed by atoms with E-state index in [0.717, 1.165) is 100.0 Å². The SMILES string of the molecule is N#Cc1ccc(-c2ccc(-c3ccc(-c4nc(-c5ccccc5)c(-c5ccccc5)nc4-c4ccc5c(c4)oc4ccccc45)cc3)c3ccccc23)cc1. The second-order valence-corrected chi connectivity index (χ2v) is 13.6. The summed E-state index contributed by atoms with van der Waals surface area (Å²) in [5, 5.41) is 13.8. The Labute approximate surface area is 318 Å². The molecule has 10 rings (SSSR count). The standard InChI is InChI=1S/C51H31N3O/c52-32-33-19-21-34(22-20-33)40-29-30-41(43-16-8-7-15-42(40)43)35-23-25-38(26-24-35)50-51(39-27-28-45-44-17-9-10-18-46(44)55-47(45)31-39)54-49(37-13-5-2-6-14-37)48(53-50)36-11-3-1-4-12-36/h1-31H. The van der Waals surface area contributed by atoms with E-state index in [0.29, 0.717) is 5.56 Å². The van der Waals surface area contributed by atoms with Crippen molar-refractivity contribution >= 4 is 32.7 Å². The Balaban J connectivity index is 1.14. The van der Waals surface area contributed by atoms with Crippen LogP contribution in [0.4, 0.5) is 0 Å². The molecular formula is C51H31N3O. The molecule has 0 N–H and O–H groups in total. The van der Waals surface area contributed by atoms with Gasteiger partial charge in [0, 0.05) is 33.0 Å². The van der Waals surface area contributed by atoms with E-state index in [1.807, 2.05) is 78.9 Å². The number of furan rings is 1. The maximum Gasteiger partial charge on any atom is 0.136 e. The average Bonchev–Trinajstić information content (AvgIpc) is 3.64. The summed E-state index contributed by atoms with van der Waals surface area (Å²) in [6.45, 7) is 0. The molecule has 0 aliphatic carbocycles. The first kappa shape index (κ1) is 32.1. The number of fused-ring (bicyclic) bond motifs is 4. The van der Waals surface area contributed by atoms with Crippen LogP contribution in [0.15, 0.2) is 192 Å². The molecule has 55 heavy (non-hydrogen) atoms. The fraction of sp³-hybridized carbons (Fsp3) is 0.